The second kappa shape index (κ2) is 9.63. The first-order valence-electron chi connectivity index (χ1n) is 9.16. The summed E-state index contributed by atoms with van der Waals surface area (Å²) in [5.41, 5.74) is 1.41. The largest absolute Gasteiger partial charge is 0.476 e. The Morgan fingerprint density at radius 3 is 2.12 bits per heavy atom. The molecule has 0 aromatic heterocycles. The first-order chi connectivity index (χ1) is 12.5. The summed E-state index contributed by atoms with van der Waals surface area (Å²) in [5.74, 6) is 0.371. The highest BCUT2D eigenvalue weighted by atomic mass is 35.5. The molecule has 0 aliphatic heterocycles. The van der Waals surface area contributed by atoms with Crippen molar-refractivity contribution in [1.82, 2.24) is 0 Å². The van der Waals surface area contributed by atoms with Crippen molar-refractivity contribution in [1.29, 1.82) is 0 Å². The van der Waals surface area contributed by atoms with Crippen LogP contribution in [0.25, 0.3) is 0 Å². The van der Waals surface area contributed by atoms with Crippen molar-refractivity contribution in [2.45, 2.75) is 52.1 Å². The van der Waals surface area contributed by atoms with Crippen LogP contribution in [0.2, 0.25) is 5.02 Å². The molecule has 0 aliphatic rings. The summed E-state index contributed by atoms with van der Waals surface area (Å²) in [5, 5.41) is 0.739. The second-order valence-corrected chi connectivity index (χ2v) is 7.04. The Hall–Kier alpha value is -2.00. The quantitative estimate of drug-likeness (QED) is 0.518. The molecule has 2 aromatic carbocycles. The van der Waals surface area contributed by atoms with Crippen LogP contribution >= 0.6 is 11.6 Å². The summed E-state index contributed by atoms with van der Waals surface area (Å²) in [6, 6.07) is 15.7. The Bertz CT molecular complexity index is 694. The molecule has 1 unspecified atom stereocenters. The third kappa shape index (κ3) is 5.77. The van der Waals surface area contributed by atoms with E-state index in [-0.39, 0.29) is 5.97 Å². The Morgan fingerprint density at radius 2 is 1.58 bits per heavy atom. The minimum Gasteiger partial charge on any atom is -0.476 e. The summed E-state index contributed by atoms with van der Waals surface area (Å²) in [6.07, 6.45) is 3.36. The van der Waals surface area contributed by atoms with Gasteiger partial charge in [-0.3, -0.25) is 0 Å². The average molecular weight is 375 g/mol. The Morgan fingerprint density at radius 1 is 1.00 bits per heavy atom. The number of carbonyl (C=O) groups is 1. The number of hydrogen-bond acceptors (Lipinski definition) is 3. The van der Waals surface area contributed by atoms with Crippen LogP contribution in [0.5, 0.6) is 5.75 Å². The SMILES string of the molecule is CCCCC(C)(Oc1ccc(Cc2ccc(Cl)cc2)cc1)C(=O)OCC. The number of rotatable bonds is 9. The van der Waals surface area contributed by atoms with Crippen molar-refractivity contribution in [2.24, 2.45) is 0 Å². The number of carbonyl (C=O) groups excluding carboxylic acids is 1. The molecule has 0 N–H and O–H groups in total. The van der Waals surface area contributed by atoms with Gasteiger partial charge in [0, 0.05) is 5.02 Å². The molecular formula is C22H27ClO3. The normalized spacial score (nSPS) is 13.1. The zero-order chi connectivity index (χ0) is 19.0. The molecule has 2 rings (SSSR count). The van der Waals surface area contributed by atoms with Gasteiger partial charge < -0.3 is 9.47 Å². The number of hydrogen-bond donors (Lipinski definition) is 0. The van der Waals surface area contributed by atoms with Crippen LogP contribution in [0, 0.1) is 0 Å². The molecule has 0 aliphatic carbocycles. The van der Waals surface area contributed by atoms with E-state index < -0.39 is 5.60 Å². The minimum atomic E-state index is -0.955. The molecule has 1 atom stereocenters. The van der Waals surface area contributed by atoms with E-state index >= 15 is 0 Å². The molecule has 0 spiro atoms. The van der Waals surface area contributed by atoms with Gasteiger partial charge in [-0.25, -0.2) is 4.79 Å². The monoisotopic (exact) mass is 374 g/mol. The molecule has 0 amide bonds. The van der Waals surface area contributed by atoms with Crippen LogP contribution in [-0.4, -0.2) is 18.2 Å². The maximum Gasteiger partial charge on any atom is 0.350 e. The summed E-state index contributed by atoms with van der Waals surface area (Å²) in [6.45, 7) is 6.06. The van der Waals surface area contributed by atoms with E-state index in [9.17, 15) is 4.79 Å². The zero-order valence-corrected chi connectivity index (χ0v) is 16.5. The fourth-order valence-electron chi connectivity index (χ4n) is 2.77. The van der Waals surface area contributed by atoms with Crippen LogP contribution in [0.3, 0.4) is 0 Å². The van der Waals surface area contributed by atoms with Gasteiger partial charge in [0.15, 0.2) is 0 Å². The number of unbranched alkanes of at least 4 members (excludes halogenated alkanes) is 1. The van der Waals surface area contributed by atoms with Gasteiger partial charge in [-0.2, -0.15) is 0 Å². The second-order valence-electron chi connectivity index (χ2n) is 6.60. The van der Waals surface area contributed by atoms with E-state index in [1.165, 1.54) is 11.1 Å². The van der Waals surface area contributed by atoms with Crippen LogP contribution in [0.1, 0.15) is 51.2 Å². The predicted molar refractivity (Wildman–Crippen MR) is 106 cm³/mol. The van der Waals surface area contributed by atoms with Crippen molar-refractivity contribution in [3.63, 3.8) is 0 Å². The van der Waals surface area contributed by atoms with Crippen LogP contribution in [0.4, 0.5) is 0 Å². The molecule has 4 heteroatoms. The van der Waals surface area contributed by atoms with Crippen molar-refractivity contribution in [3.8, 4) is 5.75 Å². The van der Waals surface area contributed by atoms with Gasteiger partial charge in [-0.1, -0.05) is 49.2 Å². The molecule has 0 saturated carbocycles. The number of halogens is 1. The lowest BCUT2D eigenvalue weighted by atomic mass is 9.98. The van der Waals surface area contributed by atoms with Crippen LogP contribution < -0.4 is 4.74 Å². The summed E-state index contributed by atoms with van der Waals surface area (Å²) >= 11 is 5.93. The van der Waals surface area contributed by atoms with Crippen molar-refractivity contribution in [2.75, 3.05) is 6.61 Å². The van der Waals surface area contributed by atoms with E-state index in [0.717, 1.165) is 24.3 Å². The molecule has 0 radical (unpaired) electrons. The van der Waals surface area contributed by atoms with E-state index in [1.54, 1.807) is 0 Å². The minimum absolute atomic E-state index is 0.307. The zero-order valence-electron chi connectivity index (χ0n) is 15.8. The summed E-state index contributed by atoms with van der Waals surface area (Å²) < 4.78 is 11.3. The molecule has 26 heavy (non-hydrogen) atoms. The fourth-order valence-corrected chi connectivity index (χ4v) is 2.89. The molecule has 0 saturated heterocycles. The standard InChI is InChI=1S/C22H27ClO3/c1-4-6-15-22(3,21(24)25-5-2)26-20-13-9-18(10-14-20)16-17-7-11-19(23)12-8-17/h7-14H,4-6,15-16H2,1-3H3. The highest BCUT2D eigenvalue weighted by molar-refractivity contribution is 6.30. The third-order valence-electron chi connectivity index (χ3n) is 4.30. The topological polar surface area (TPSA) is 35.5 Å². The first kappa shape index (κ1) is 20.3. The van der Waals surface area contributed by atoms with Gasteiger partial charge in [-0.05, 0) is 68.5 Å². The average Bonchev–Trinajstić information content (AvgIpc) is 2.64. The van der Waals surface area contributed by atoms with E-state index in [1.807, 2.05) is 62.4 Å². The number of benzene rings is 2. The molecule has 0 fully saturated rings. The third-order valence-corrected chi connectivity index (χ3v) is 4.55. The predicted octanol–water partition coefficient (Wildman–Crippen LogP) is 5.82. The highest BCUT2D eigenvalue weighted by Crippen LogP contribution is 2.26. The van der Waals surface area contributed by atoms with E-state index in [4.69, 9.17) is 21.1 Å². The van der Waals surface area contributed by atoms with E-state index in [2.05, 4.69) is 6.92 Å². The maximum absolute atomic E-state index is 12.4. The maximum atomic E-state index is 12.4. The van der Waals surface area contributed by atoms with Crippen LogP contribution in [-0.2, 0) is 16.0 Å². The fraction of sp³-hybridized carbons (Fsp3) is 0.409. The van der Waals surface area contributed by atoms with Gasteiger partial charge in [0.2, 0.25) is 5.60 Å². The first-order valence-corrected chi connectivity index (χ1v) is 9.54. The van der Waals surface area contributed by atoms with Crippen molar-refractivity contribution >= 4 is 17.6 Å². The summed E-state index contributed by atoms with van der Waals surface area (Å²) in [4.78, 5) is 12.4. The van der Waals surface area contributed by atoms with Gasteiger partial charge in [0.25, 0.3) is 0 Å². The molecule has 0 heterocycles. The Kier molecular flexibility index (Phi) is 7.52. The van der Waals surface area contributed by atoms with Gasteiger partial charge in [0.05, 0.1) is 6.61 Å². The molecule has 3 nitrogen and oxygen atoms in total. The number of esters is 1. The van der Waals surface area contributed by atoms with Gasteiger partial charge in [0.1, 0.15) is 5.75 Å². The lowest BCUT2D eigenvalue weighted by Gasteiger charge is -2.28. The van der Waals surface area contributed by atoms with Crippen molar-refractivity contribution in [3.05, 3.63) is 64.7 Å². The summed E-state index contributed by atoms with van der Waals surface area (Å²) in [7, 11) is 0. The Balaban J connectivity index is 2.07. The molecular weight excluding hydrogens is 348 g/mol. The van der Waals surface area contributed by atoms with E-state index in [0.29, 0.717) is 18.8 Å². The Labute approximate surface area is 161 Å². The number of ether oxygens (including phenoxy) is 2. The lowest BCUT2D eigenvalue weighted by molar-refractivity contribution is -0.161. The van der Waals surface area contributed by atoms with Gasteiger partial charge in [-0.15, -0.1) is 0 Å². The van der Waals surface area contributed by atoms with Crippen molar-refractivity contribution < 1.29 is 14.3 Å². The highest BCUT2D eigenvalue weighted by Gasteiger charge is 2.36. The van der Waals surface area contributed by atoms with Crippen LogP contribution in [0.15, 0.2) is 48.5 Å². The molecule has 140 valence electrons. The molecule has 0 bridgehead atoms. The molecule has 2 aromatic rings. The lowest BCUT2D eigenvalue weighted by Crippen LogP contribution is -2.43. The van der Waals surface area contributed by atoms with Gasteiger partial charge >= 0.3 is 5.97 Å². The smallest absolute Gasteiger partial charge is 0.350 e.